The number of nitrogens with one attached hydrogen (secondary N) is 3. The Morgan fingerprint density at radius 3 is 2.52 bits per heavy atom. The first kappa shape index (κ1) is 19.4. The van der Waals surface area contributed by atoms with Crippen LogP contribution in [0.1, 0.15) is 46.5 Å². The highest BCUT2D eigenvalue weighted by Crippen LogP contribution is 2.29. The molecule has 0 unspecified atom stereocenters. The van der Waals surface area contributed by atoms with Gasteiger partial charge in [0, 0.05) is 17.3 Å². The van der Waals surface area contributed by atoms with Gasteiger partial charge in [-0.2, -0.15) is 0 Å². The molecule has 0 spiro atoms. The SMILES string of the molecule is CC(C)(C)OC(=O)NC1(CNC(=O)Nc2cccc(Cl)c2)CCCC1. The molecule has 6 nitrogen and oxygen atoms in total. The van der Waals surface area contributed by atoms with E-state index in [1.165, 1.54) is 0 Å². The number of urea groups is 1. The maximum Gasteiger partial charge on any atom is 0.408 e. The third-order valence-electron chi connectivity index (χ3n) is 4.00. The van der Waals surface area contributed by atoms with Crippen LogP contribution in [-0.4, -0.2) is 29.8 Å². The maximum atomic E-state index is 12.1. The lowest BCUT2D eigenvalue weighted by molar-refractivity contribution is 0.0456. The van der Waals surface area contributed by atoms with E-state index >= 15 is 0 Å². The van der Waals surface area contributed by atoms with Crippen LogP contribution in [-0.2, 0) is 4.74 Å². The number of amides is 3. The topological polar surface area (TPSA) is 79.5 Å². The first-order valence-electron chi connectivity index (χ1n) is 8.49. The van der Waals surface area contributed by atoms with Gasteiger partial charge in [0.2, 0.25) is 0 Å². The second kappa shape index (κ2) is 7.95. The zero-order chi connectivity index (χ0) is 18.5. The van der Waals surface area contributed by atoms with E-state index in [-0.39, 0.29) is 6.03 Å². The number of hydrogen-bond acceptors (Lipinski definition) is 3. The lowest BCUT2D eigenvalue weighted by atomic mass is 9.98. The van der Waals surface area contributed by atoms with E-state index in [1.807, 2.05) is 20.8 Å². The molecule has 1 aromatic carbocycles. The summed E-state index contributed by atoms with van der Waals surface area (Å²) in [6, 6.07) is 6.60. The van der Waals surface area contributed by atoms with Crippen molar-refractivity contribution in [2.45, 2.75) is 57.6 Å². The number of ether oxygens (including phenoxy) is 1. The number of anilines is 1. The number of halogens is 1. The van der Waals surface area contributed by atoms with Gasteiger partial charge in [0.15, 0.2) is 0 Å². The van der Waals surface area contributed by atoms with Crippen LogP contribution in [0.2, 0.25) is 5.02 Å². The molecule has 3 N–H and O–H groups in total. The second-order valence-electron chi connectivity index (χ2n) is 7.43. The average Bonchev–Trinajstić information content (AvgIpc) is 2.92. The van der Waals surface area contributed by atoms with Crippen LogP contribution in [0.25, 0.3) is 0 Å². The van der Waals surface area contributed by atoms with Crippen molar-refractivity contribution in [3.8, 4) is 0 Å². The first-order valence-corrected chi connectivity index (χ1v) is 8.87. The minimum Gasteiger partial charge on any atom is -0.444 e. The summed E-state index contributed by atoms with van der Waals surface area (Å²) in [5.74, 6) is 0. The van der Waals surface area contributed by atoms with E-state index in [0.29, 0.717) is 17.3 Å². The van der Waals surface area contributed by atoms with E-state index in [0.717, 1.165) is 25.7 Å². The Hall–Kier alpha value is -1.95. The molecule has 3 amide bonds. The van der Waals surface area contributed by atoms with Gasteiger partial charge in [-0.1, -0.05) is 30.5 Å². The fourth-order valence-corrected chi connectivity index (χ4v) is 3.10. The second-order valence-corrected chi connectivity index (χ2v) is 7.87. The Bertz CT molecular complexity index is 622. The number of benzene rings is 1. The van der Waals surface area contributed by atoms with Gasteiger partial charge in [0.25, 0.3) is 0 Å². The molecule has 1 aliphatic carbocycles. The van der Waals surface area contributed by atoms with Crippen LogP contribution in [0.4, 0.5) is 15.3 Å². The molecule has 1 aliphatic rings. The monoisotopic (exact) mass is 367 g/mol. The summed E-state index contributed by atoms with van der Waals surface area (Å²) in [5, 5.41) is 9.08. The van der Waals surface area contributed by atoms with Gasteiger partial charge in [-0.15, -0.1) is 0 Å². The summed E-state index contributed by atoms with van der Waals surface area (Å²) in [7, 11) is 0. The van der Waals surface area contributed by atoms with Gasteiger partial charge < -0.3 is 20.7 Å². The van der Waals surface area contributed by atoms with E-state index in [9.17, 15) is 9.59 Å². The standard InChI is InChI=1S/C18H26ClN3O3/c1-17(2,3)25-16(24)22-18(9-4-5-10-18)12-20-15(23)21-14-8-6-7-13(19)11-14/h6-8,11H,4-5,9-10,12H2,1-3H3,(H,22,24)(H2,20,21,23). The van der Waals surface area contributed by atoms with Crippen LogP contribution in [0.5, 0.6) is 0 Å². The normalized spacial score (nSPS) is 16.2. The molecule has 1 aromatic rings. The fourth-order valence-electron chi connectivity index (χ4n) is 2.91. The molecular formula is C18H26ClN3O3. The number of carbonyl (C=O) groups is 2. The number of rotatable bonds is 4. The molecule has 0 atom stereocenters. The van der Waals surface area contributed by atoms with E-state index in [1.54, 1.807) is 24.3 Å². The van der Waals surface area contributed by atoms with Crippen molar-refractivity contribution in [3.05, 3.63) is 29.3 Å². The van der Waals surface area contributed by atoms with Crippen molar-refractivity contribution in [1.82, 2.24) is 10.6 Å². The molecule has 0 aliphatic heterocycles. The first-order chi connectivity index (χ1) is 11.7. The van der Waals surface area contributed by atoms with Crippen LogP contribution >= 0.6 is 11.6 Å². The molecule has 138 valence electrons. The number of alkyl carbamates (subject to hydrolysis) is 1. The Balaban J connectivity index is 1.90. The summed E-state index contributed by atoms with van der Waals surface area (Å²) in [6.07, 6.45) is 3.18. The highest BCUT2D eigenvalue weighted by molar-refractivity contribution is 6.30. The van der Waals surface area contributed by atoms with Gasteiger partial charge in [-0.3, -0.25) is 0 Å². The summed E-state index contributed by atoms with van der Waals surface area (Å²) in [5.41, 5.74) is -0.402. The highest BCUT2D eigenvalue weighted by Gasteiger charge is 2.37. The van der Waals surface area contributed by atoms with Crippen LogP contribution in [0.3, 0.4) is 0 Å². The van der Waals surface area contributed by atoms with Gasteiger partial charge in [0.05, 0.1) is 5.54 Å². The lowest BCUT2D eigenvalue weighted by Crippen LogP contribution is -2.55. The molecule has 2 rings (SSSR count). The molecule has 7 heteroatoms. The number of carbonyl (C=O) groups excluding carboxylic acids is 2. The van der Waals surface area contributed by atoms with Gasteiger partial charge in [0.1, 0.15) is 5.60 Å². The van der Waals surface area contributed by atoms with E-state index < -0.39 is 17.2 Å². The largest absolute Gasteiger partial charge is 0.444 e. The molecule has 0 radical (unpaired) electrons. The van der Waals surface area contributed by atoms with Gasteiger partial charge in [-0.25, -0.2) is 9.59 Å². The molecule has 0 saturated heterocycles. The quantitative estimate of drug-likeness (QED) is 0.742. The van der Waals surface area contributed by atoms with Crippen LogP contribution in [0.15, 0.2) is 24.3 Å². The van der Waals surface area contributed by atoms with Crippen molar-refractivity contribution in [1.29, 1.82) is 0 Å². The minimum absolute atomic E-state index is 0.334. The van der Waals surface area contributed by atoms with Crippen molar-refractivity contribution in [2.24, 2.45) is 0 Å². The summed E-state index contributed by atoms with van der Waals surface area (Å²) >= 11 is 5.91. The molecule has 0 heterocycles. The predicted octanol–water partition coefficient (Wildman–Crippen LogP) is 4.30. The third-order valence-corrected chi connectivity index (χ3v) is 4.23. The third kappa shape index (κ3) is 6.46. The van der Waals surface area contributed by atoms with Crippen LogP contribution in [0, 0.1) is 0 Å². The van der Waals surface area contributed by atoms with Crippen LogP contribution < -0.4 is 16.0 Å². The molecule has 0 bridgehead atoms. The Kier molecular flexibility index (Phi) is 6.16. The number of hydrogen-bond donors (Lipinski definition) is 3. The molecule has 1 fully saturated rings. The summed E-state index contributed by atoms with van der Waals surface area (Å²) < 4.78 is 5.35. The van der Waals surface area contributed by atoms with E-state index in [4.69, 9.17) is 16.3 Å². The van der Waals surface area contributed by atoms with Gasteiger partial charge >= 0.3 is 12.1 Å². The summed E-state index contributed by atoms with van der Waals surface area (Å²) in [4.78, 5) is 24.2. The van der Waals surface area contributed by atoms with Gasteiger partial charge in [-0.05, 0) is 51.8 Å². The zero-order valence-electron chi connectivity index (χ0n) is 14.9. The van der Waals surface area contributed by atoms with Crippen molar-refractivity contribution in [2.75, 3.05) is 11.9 Å². The zero-order valence-corrected chi connectivity index (χ0v) is 15.7. The average molecular weight is 368 g/mol. The van der Waals surface area contributed by atoms with Crippen molar-refractivity contribution < 1.29 is 14.3 Å². The Morgan fingerprint density at radius 1 is 1.24 bits per heavy atom. The highest BCUT2D eigenvalue weighted by atomic mass is 35.5. The molecule has 25 heavy (non-hydrogen) atoms. The predicted molar refractivity (Wildman–Crippen MR) is 99.0 cm³/mol. The fraction of sp³-hybridized carbons (Fsp3) is 0.556. The van der Waals surface area contributed by atoms with E-state index in [2.05, 4.69) is 16.0 Å². The summed E-state index contributed by atoms with van der Waals surface area (Å²) in [6.45, 7) is 5.82. The van der Waals surface area contributed by atoms with Crippen molar-refractivity contribution >= 4 is 29.4 Å². The maximum absolute atomic E-state index is 12.1. The smallest absolute Gasteiger partial charge is 0.408 e. The molecule has 0 aromatic heterocycles. The van der Waals surface area contributed by atoms with Crippen molar-refractivity contribution in [3.63, 3.8) is 0 Å². The Morgan fingerprint density at radius 2 is 1.92 bits per heavy atom. The molecular weight excluding hydrogens is 342 g/mol. The molecule has 1 saturated carbocycles. The minimum atomic E-state index is -0.554. The lowest BCUT2D eigenvalue weighted by Gasteiger charge is -2.32. The Labute approximate surface area is 153 Å².